The lowest BCUT2D eigenvalue weighted by Gasteiger charge is -2.11. The quantitative estimate of drug-likeness (QED) is 0.738. The summed E-state index contributed by atoms with van der Waals surface area (Å²) in [7, 11) is 1.69. The number of nitrogens with one attached hydrogen (secondary N) is 1. The molecule has 1 atom stereocenters. The van der Waals surface area contributed by atoms with E-state index in [9.17, 15) is 0 Å². The van der Waals surface area contributed by atoms with Crippen molar-refractivity contribution in [3.63, 3.8) is 0 Å². The van der Waals surface area contributed by atoms with Crippen molar-refractivity contribution >= 4 is 0 Å². The van der Waals surface area contributed by atoms with Crippen LogP contribution >= 0.6 is 0 Å². The predicted molar refractivity (Wildman–Crippen MR) is 63.2 cm³/mol. The van der Waals surface area contributed by atoms with Crippen LogP contribution in [0.2, 0.25) is 0 Å². The average Bonchev–Trinajstić information content (AvgIpc) is 2.29. The zero-order chi connectivity index (χ0) is 11.1. The third-order valence-electron chi connectivity index (χ3n) is 2.39. The minimum Gasteiger partial charge on any atom is -0.497 e. The highest BCUT2D eigenvalue weighted by Crippen LogP contribution is 2.12. The van der Waals surface area contributed by atoms with E-state index in [-0.39, 0.29) is 0 Å². The van der Waals surface area contributed by atoms with Crippen molar-refractivity contribution < 1.29 is 4.74 Å². The second-order valence-electron chi connectivity index (χ2n) is 3.69. The Kier molecular flexibility index (Phi) is 5.15. The summed E-state index contributed by atoms with van der Waals surface area (Å²) in [5.74, 6) is 0.916. The van der Waals surface area contributed by atoms with Gasteiger partial charge in [0.05, 0.1) is 7.11 Å². The molecule has 0 radical (unpaired) electrons. The highest BCUT2D eigenvalue weighted by atomic mass is 16.5. The van der Waals surface area contributed by atoms with E-state index in [1.807, 2.05) is 12.1 Å². The van der Waals surface area contributed by atoms with Gasteiger partial charge in [0.15, 0.2) is 0 Å². The second-order valence-corrected chi connectivity index (χ2v) is 3.69. The number of benzene rings is 1. The highest BCUT2D eigenvalue weighted by molar-refractivity contribution is 5.28. The van der Waals surface area contributed by atoms with Gasteiger partial charge in [-0.15, -0.1) is 0 Å². The molecule has 1 rings (SSSR count). The van der Waals surface area contributed by atoms with Crippen LogP contribution in [-0.2, 0) is 6.42 Å². The Labute approximate surface area is 91.6 Å². The number of ether oxygens (including phenoxy) is 1. The van der Waals surface area contributed by atoms with Crippen molar-refractivity contribution in [2.75, 3.05) is 20.2 Å². The number of nitrogens with two attached hydrogens (primary N) is 1. The lowest BCUT2D eigenvalue weighted by Crippen LogP contribution is -2.34. The van der Waals surface area contributed by atoms with Gasteiger partial charge in [0.25, 0.3) is 0 Å². The SMILES string of the molecule is COc1cccc(CCN[C@@H](C)CN)c1. The van der Waals surface area contributed by atoms with Gasteiger partial charge in [0.1, 0.15) is 5.75 Å². The topological polar surface area (TPSA) is 47.3 Å². The summed E-state index contributed by atoms with van der Waals surface area (Å²) in [5, 5.41) is 3.35. The molecule has 0 heterocycles. The maximum Gasteiger partial charge on any atom is 0.119 e. The van der Waals surface area contributed by atoms with Crippen LogP contribution < -0.4 is 15.8 Å². The minimum atomic E-state index is 0.385. The first-order chi connectivity index (χ1) is 7.26. The third kappa shape index (κ3) is 4.32. The molecular weight excluding hydrogens is 188 g/mol. The fraction of sp³-hybridized carbons (Fsp3) is 0.500. The van der Waals surface area contributed by atoms with E-state index in [2.05, 4.69) is 24.4 Å². The van der Waals surface area contributed by atoms with Crippen LogP contribution in [0.25, 0.3) is 0 Å². The van der Waals surface area contributed by atoms with Gasteiger partial charge < -0.3 is 15.8 Å². The molecule has 1 aromatic carbocycles. The summed E-state index contributed by atoms with van der Waals surface area (Å²) in [6, 6.07) is 8.53. The number of hydrogen-bond donors (Lipinski definition) is 2. The maximum absolute atomic E-state index is 5.51. The molecule has 0 aliphatic rings. The molecule has 84 valence electrons. The molecule has 0 aromatic heterocycles. The molecule has 3 nitrogen and oxygen atoms in total. The van der Waals surface area contributed by atoms with Crippen LogP contribution in [0.3, 0.4) is 0 Å². The zero-order valence-corrected chi connectivity index (χ0v) is 9.49. The largest absolute Gasteiger partial charge is 0.497 e. The van der Waals surface area contributed by atoms with Gasteiger partial charge in [-0.1, -0.05) is 12.1 Å². The Morgan fingerprint density at radius 1 is 1.47 bits per heavy atom. The van der Waals surface area contributed by atoms with E-state index in [1.54, 1.807) is 7.11 Å². The summed E-state index contributed by atoms with van der Waals surface area (Å²) in [5.41, 5.74) is 6.80. The summed E-state index contributed by atoms with van der Waals surface area (Å²) >= 11 is 0. The first kappa shape index (κ1) is 12.0. The molecule has 0 aliphatic carbocycles. The summed E-state index contributed by atoms with van der Waals surface area (Å²) in [4.78, 5) is 0. The van der Waals surface area contributed by atoms with Crippen LogP contribution in [-0.4, -0.2) is 26.2 Å². The van der Waals surface area contributed by atoms with Crippen LogP contribution in [0.15, 0.2) is 24.3 Å². The molecule has 0 spiro atoms. The molecule has 3 N–H and O–H groups in total. The molecule has 15 heavy (non-hydrogen) atoms. The van der Waals surface area contributed by atoms with Gasteiger partial charge in [0, 0.05) is 12.6 Å². The van der Waals surface area contributed by atoms with Crippen molar-refractivity contribution in [2.24, 2.45) is 5.73 Å². The van der Waals surface area contributed by atoms with Gasteiger partial charge in [-0.3, -0.25) is 0 Å². The third-order valence-corrected chi connectivity index (χ3v) is 2.39. The Bertz CT molecular complexity index is 289. The van der Waals surface area contributed by atoms with Crippen LogP contribution in [0, 0.1) is 0 Å². The molecular formula is C12H20N2O. The van der Waals surface area contributed by atoms with E-state index >= 15 is 0 Å². The zero-order valence-electron chi connectivity index (χ0n) is 9.49. The van der Waals surface area contributed by atoms with Crippen LogP contribution in [0.5, 0.6) is 5.75 Å². The molecule has 1 aromatic rings. The Morgan fingerprint density at radius 2 is 2.27 bits per heavy atom. The van der Waals surface area contributed by atoms with Gasteiger partial charge in [-0.2, -0.15) is 0 Å². The number of hydrogen-bond acceptors (Lipinski definition) is 3. The summed E-state index contributed by atoms with van der Waals surface area (Å²) in [6.07, 6.45) is 1.00. The lowest BCUT2D eigenvalue weighted by molar-refractivity contribution is 0.414. The van der Waals surface area contributed by atoms with Gasteiger partial charge in [-0.25, -0.2) is 0 Å². The lowest BCUT2D eigenvalue weighted by atomic mass is 10.1. The van der Waals surface area contributed by atoms with E-state index in [4.69, 9.17) is 10.5 Å². The van der Waals surface area contributed by atoms with E-state index in [1.165, 1.54) is 5.56 Å². The maximum atomic E-state index is 5.51. The second kappa shape index (κ2) is 6.43. The molecule has 0 saturated carbocycles. The monoisotopic (exact) mass is 208 g/mol. The fourth-order valence-corrected chi connectivity index (χ4v) is 1.37. The summed E-state index contributed by atoms with van der Waals surface area (Å²) < 4.78 is 5.16. The molecule has 3 heteroatoms. The van der Waals surface area contributed by atoms with E-state index in [0.29, 0.717) is 12.6 Å². The smallest absolute Gasteiger partial charge is 0.119 e. The van der Waals surface area contributed by atoms with Crippen molar-refractivity contribution in [1.29, 1.82) is 0 Å². The predicted octanol–water partition coefficient (Wildman–Crippen LogP) is 1.17. The van der Waals surface area contributed by atoms with Crippen molar-refractivity contribution in [1.82, 2.24) is 5.32 Å². The standard InChI is InChI=1S/C12H20N2O/c1-10(9-13)14-7-6-11-4-3-5-12(8-11)15-2/h3-5,8,10,14H,6-7,9,13H2,1-2H3/t10-/m0/s1. The van der Waals surface area contributed by atoms with E-state index in [0.717, 1.165) is 18.7 Å². The van der Waals surface area contributed by atoms with Gasteiger partial charge in [-0.05, 0) is 37.6 Å². The van der Waals surface area contributed by atoms with Crippen LogP contribution in [0.4, 0.5) is 0 Å². The first-order valence-electron chi connectivity index (χ1n) is 5.32. The Morgan fingerprint density at radius 3 is 2.93 bits per heavy atom. The summed E-state index contributed by atoms with van der Waals surface area (Å²) in [6.45, 7) is 3.72. The normalized spacial score (nSPS) is 12.5. The molecule has 0 fully saturated rings. The number of methoxy groups -OCH3 is 1. The molecule has 0 unspecified atom stereocenters. The van der Waals surface area contributed by atoms with Gasteiger partial charge >= 0.3 is 0 Å². The fourth-order valence-electron chi connectivity index (χ4n) is 1.37. The molecule has 0 saturated heterocycles. The van der Waals surface area contributed by atoms with Crippen molar-refractivity contribution in [3.05, 3.63) is 29.8 Å². The number of rotatable bonds is 6. The average molecular weight is 208 g/mol. The van der Waals surface area contributed by atoms with Crippen LogP contribution in [0.1, 0.15) is 12.5 Å². The first-order valence-corrected chi connectivity index (χ1v) is 5.32. The van der Waals surface area contributed by atoms with Crippen molar-refractivity contribution in [2.45, 2.75) is 19.4 Å². The Hall–Kier alpha value is -1.06. The highest BCUT2D eigenvalue weighted by Gasteiger charge is 1.98. The van der Waals surface area contributed by atoms with Gasteiger partial charge in [0.2, 0.25) is 0 Å². The van der Waals surface area contributed by atoms with Crippen molar-refractivity contribution in [3.8, 4) is 5.75 Å². The molecule has 0 amide bonds. The molecule has 0 aliphatic heterocycles. The molecule has 0 bridgehead atoms. The van der Waals surface area contributed by atoms with E-state index < -0.39 is 0 Å². The Balaban J connectivity index is 2.37. The minimum absolute atomic E-state index is 0.385.